The van der Waals surface area contributed by atoms with Crippen molar-refractivity contribution >= 4 is 46.1 Å². The van der Waals surface area contributed by atoms with Crippen LogP contribution in [0.3, 0.4) is 0 Å². The average molecular weight is 515 g/mol. The van der Waals surface area contributed by atoms with Crippen molar-refractivity contribution in [2.24, 2.45) is 0 Å². The van der Waals surface area contributed by atoms with E-state index >= 15 is 0 Å². The Labute approximate surface area is 214 Å². The Morgan fingerprint density at radius 3 is 2.18 bits per heavy atom. The number of hydrogen-bond donors (Lipinski definition) is 1. The Balaban J connectivity index is 0.000000406. The molecule has 0 saturated carbocycles. The van der Waals surface area contributed by atoms with E-state index in [1.165, 1.54) is 35.5 Å². The molecule has 0 spiro atoms. The average Bonchev–Trinajstić information content (AvgIpc) is 3.17. The van der Waals surface area contributed by atoms with E-state index < -0.39 is 0 Å². The predicted molar refractivity (Wildman–Crippen MR) is 148 cm³/mol. The minimum absolute atomic E-state index is 0.185. The molecule has 0 unspecified atom stereocenters. The first-order valence-corrected chi connectivity index (χ1v) is 12.8. The second kappa shape index (κ2) is 11.7. The molecule has 0 aliphatic carbocycles. The number of aromatic amines is 1. The summed E-state index contributed by atoms with van der Waals surface area (Å²) in [5.41, 5.74) is 3.05. The van der Waals surface area contributed by atoms with Gasteiger partial charge in [-0.25, -0.2) is 0 Å². The lowest BCUT2D eigenvalue weighted by Crippen LogP contribution is -2.21. The Morgan fingerprint density at radius 1 is 0.971 bits per heavy atom. The molecule has 9 heteroatoms. The molecule has 0 bridgehead atoms. The van der Waals surface area contributed by atoms with E-state index in [4.69, 9.17) is 29.2 Å². The van der Waals surface area contributed by atoms with Crippen LogP contribution in [0, 0.1) is 15.6 Å². The maximum atomic E-state index is 13.2. The number of aromatic nitrogens is 3. The molecule has 0 radical (unpaired) electrons. The summed E-state index contributed by atoms with van der Waals surface area (Å²) in [6, 6.07) is 15.2. The Morgan fingerprint density at radius 2 is 1.62 bits per heavy atom. The highest BCUT2D eigenvalue weighted by atomic mass is 32.1. The van der Waals surface area contributed by atoms with Crippen molar-refractivity contribution in [2.45, 2.75) is 27.7 Å². The lowest BCUT2D eigenvalue weighted by atomic mass is 10.2. The first kappa shape index (κ1) is 26.0. The highest BCUT2D eigenvalue weighted by Gasteiger charge is 2.15. The van der Waals surface area contributed by atoms with Crippen molar-refractivity contribution < 1.29 is 4.74 Å². The molecular weight excluding hydrogens is 485 g/mol. The lowest BCUT2D eigenvalue weighted by Gasteiger charge is -2.13. The quantitative estimate of drug-likeness (QED) is 0.306. The van der Waals surface area contributed by atoms with E-state index in [1.54, 1.807) is 7.11 Å². The van der Waals surface area contributed by atoms with E-state index in [1.807, 2.05) is 60.0 Å². The van der Waals surface area contributed by atoms with Gasteiger partial charge in [-0.2, -0.15) is 0 Å². The van der Waals surface area contributed by atoms with Gasteiger partial charge in [0.2, 0.25) is 0 Å². The molecule has 0 amide bonds. The molecule has 2 aromatic heterocycles. The molecule has 0 atom stereocenters. The molecular formula is C25H30N4O2S3. The van der Waals surface area contributed by atoms with Crippen molar-refractivity contribution in [2.75, 3.05) is 26.7 Å². The number of hydrogen-bond acceptors (Lipinski definition) is 6. The Hall–Kier alpha value is -2.59. The highest BCUT2D eigenvalue weighted by Crippen LogP contribution is 2.25. The third-order valence-corrected chi connectivity index (χ3v) is 7.23. The van der Waals surface area contributed by atoms with Crippen molar-refractivity contribution in [3.8, 4) is 17.1 Å². The summed E-state index contributed by atoms with van der Waals surface area (Å²) in [5.74, 6) is 0.709. The van der Waals surface area contributed by atoms with Crippen molar-refractivity contribution in [1.29, 1.82) is 0 Å². The zero-order valence-corrected chi connectivity index (χ0v) is 22.6. The van der Waals surface area contributed by atoms with E-state index in [0.717, 1.165) is 16.9 Å². The van der Waals surface area contributed by atoms with Gasteiger partial charge in [0.25, 0.3) is 5.56 Å². The first-order chi connectivity index (χ1) is 16.3. The number of H-pyrrole nitrogens is 1. The van der Waals surface area contributed by atoms with Gasteiger partial charge in [-0.15, -0.1) is 0 Å². The fourth-order valence-corrected chi connectivity index (χ4v) is 5.18. The number of rotatable bonds is 6. The normalized spacial score (nSPS) is 10.9. The fraction of sp³-hybridized carbons (Fsp3) is 0.320. The third kappa shape index (κ3) is 5.55. The number of aryl methyl sites for hydroxylation is 1. The maximum Gasteiger partial charge on any atom is 0.278 e. The number of methoxy groups -OCH3 is 1. The minimum Gasteiger partial charge on any atom is -0.497 e. The second-order valence-corrected chi connectivity index (χ2v) is 9.64. The van der Waals surface area contributed by atoms with Crippen LogP contribution in [-0.2, 0) is 0 Å². The SMILES string of the molecule is CCN(CC)CC.COc1cccc(-n2c(=S)sc3c(=O)n(-c4ccc(C)cc4)c(=S)[nH]c32)c1. The molecule has 0 fully saturated rings. The number of benzene rings is 2. The van der Waals surface area contributed by atoms with Gasteiger partial charge in [0.1, 0.15) is 16.1 Å². The third-order valence-electron chi connectivity index (χ3n) is 5.58. The Kier molecular flexibility index (Phi) is 8.96. The van der Waals surface area contributed by atoms with Gasteiger partial charge in [-0.1, -0.05) is 55.9 Å². The topological polar surface area (TPSA) is 55.2 Å². The van der Waals surface area contributed by atoms with E-state index in [9.17, 15) is 4.79 Å². The van der Waals surface area contributed by atoms with E-state index in [-0.39, 0.29) is 5.56 Å². The smallest absolute Gasteiger partial charge is 0.278 e. The van der Waals surface area contributed by atoms with Crippen LogP contribution in [0.15, 0.2) is 53.3 Å². The monoisotopic (exact) mass is 514 g/mol. The number of ether oxygens (including phenoxy) is 1. The van der Waals surface area contributed by atoms with E-state index in [2.05, 4.69) is 30.7 Å². The van der Waals surface area contributed by atoms with Crippen LogP contribution in [0.25, 0.3) is 21.7 Å². The summed E-state index contributed by atoms with van der Waals surface area (Å²) >= 11 is 12.3. The van der Waals surface area contributed by atoms with Gasteiger partial charge >= 0.3 is 0 Å². The predicted octanol–water partition coefficient (Wildman–Crippen LogP) is 6.30. The Bertz CT molecular complexity index is 1420. The van der Waals surface area contributed by atoms with Gasteiger partial charge in [0, 0.05) is 6.07 Å². The number of nitrogens with one attached hydrogen (secondary N) is 1. The molecule has 0 saturated heterocycles. The summed E-state index contributed by atoms with van der Waals surface area (Å²) < 4.78 is 10.0. The molecule has 34 heavy (non-hydrogen) atoms. The minimum atomic E-state index is -0.185. The molecule has 4 rings (SSSR count). The zero-order chi connectivity index (χ0) is 24.8. The second-order valence-electron chi connectivity index (χ2n) is 7.61. The molecule has 0 aliphatic heterocycles. The van der Waals surface area contributed by atoms with Gasteiger partial charge < -0.3 is 14.6 Å². The molecule has 4 aromatic rings. The molecule has 0 aliphatic rings. The molecule has 6 nitrogen and oxygen atoms in total. The zero-order valence-electron chi connectivity index (χ0n) is 20.1. The number of nitrogens with zero attached hydrogens (tertiary/aromatic N) is 3. The van der Waals surface area contributed by atoms with Crippen LogP contribution in [0.1, 0.15) is 26.3 Å². The fourth-order valence-electron chi connectivity index (χ4n) is 3.57. The molecule has 1 N–H and O–H groups in total. The van der Waals surface area contributed by atoms with Crippen LogP contribution < -0.4 is 10.3 Å². The van der Waals surface area contributed by atoms with Crippen LogP contribution in [0.4, 0.5) is 0 Å². The summed E-state index contributed by atoms with van der Waals surface area (Å²) in [6.45, 7) is 12.1. The van der Waals surface area contributed by atoms with Crippen LogP contribution in [0.5, 0.6) is 5.75 Å². The molecule has 2 heterocycles. The lowest BCUT2D eigenvalue weighted by molar-refractivity contribution is 0.321. The largest absolute Gasteiger partial charge is 0.497 e. The van der Waals surface area contributed by atoms with Gasteiger partial charge in [0.05, 0.1) is 18.5 Å². The van der Waals surface area contributed by atoms with Crippen molar-refractivity contribution in [1.82, 2.24) is 19.0 Å². The standard InChI is InChI=1S/C19H15N3O2S3.C6H15N/c1-11-6-8-12(9-7-11)22-17(23)15-16(20-18(22)25)21(19(26)27-15)13-4-3-5-14(10-13)24-2;1-4-7(5-2)6-3/h3-10H,1-2H3,(H,20,25);4-6H2,1-3H3. The summed E-state index contributed by atoms with van der Waals surface area (Å²) in [7, 11) is 1.61. The summed E-state index contributed by atoms with van der Waals surface area (Å²) in [6.07, 6.45) is 0. The van der Waals surface area contributed by atoms with Crippen LogP contribution >= 0.6 is 35.8 Å². The van der Waals surface area contributed by atoms with Crippen LogP contribution in [0.2, 0.25) is 0 Å². The molecule has 180 valence electrons. The van der Waals surface area contributed by atoms with Gasteiger partial charge in [-0.05, 0) is 75.3 Å². The number of fused-ring (bicyclic) bond motifs is 1. The van der Waals surface area contributed by atoms with Gasteiger partial charge in [-0.3, -0.25) is 13.9 Å². The summed E-state index contributed by atoms with van der Waals surface area (Å²) in [4.78, 5) is 18.7. The van der Waals surface area contributed by atoms with Crippen LogP contribution in [-0.4, -0.2) is 45.8 Å². The van der Waals surface area contributed by atoms with E-state index in [0.29, 0.717) is 24.8 Å². The molecule has 2 aromatic carbocycles. The van der Waals surface area contributed by atoms with Crippen molar-refractivity contribution in [3.63, 3.8) is 0 Å². The van der Waals surface area contributed by atoms with Gasteiger partial charge in [0.15, 0.2) is 8.73 Å². The highest BCUT2D eigenvalue weighted by molar-refractivity contribution is 7.73. The van der Waals surface area contributed by atoms with Crippen molar-refractivity contribution in [3.05, 3.63) is 73.2 Å². The first-order valence-electron chi connectivity index (χ1n) is 11.2. The maximum absolute atomic E-state index is 13.2. The summed E-state index contributed by atoms with van der Waals surface area (Å²) in [5, 5.41) is 0. The number of thiazole rings is 1.